The number of nitrogens with zero attached hydrogens (tertiary/aromatic N) is 1. The molecule has 0 aliphatic carbocycles. The number of carbonyl (C=O) groups excluding carboxylic acids is 1. The van der Waals surface area contributed by atoms with Gasteiger partial charge in [-0.25, -0.2) is 5.43 Å². The number of rotatable bonds is 6. The summed E-state index contributed by atoms with van der Waals surface area (Å²) in [6, 6.07) is 14.8. The Kier molecular flexibility index (Phi) is 6.85. The molecular weight excluding hydrogens is 347 g/mol. The lowest BCUT2D eigenvalue weighted by atomic mass is 10.2. The number of benzene rings is 2. The lowest BCUT2D eigenvalue weighted by Gasteiger charge is -2.07. The normalized spacial score (nSPS) is 11.5. The molecule has 0 radical (unpaired) electrons. The Bertz CT molecular complexity index is 759. The van der Waals surface area contributed by atoms with Gasteiger partial charge in [-0.1, -0.05) is 65.7 Å². The molecule has 1 N–H and O–H groups in total. The highest BCUT2D eigenvalue weighted by molar-refractivity contribution is 6.42. The van der Waals surface area contributed by atoms with Crippen LogP contribution in [0.25, 0.3) is 6.08 Å². The number of nitrogens with one attached hydrogen (secondary N) is 1. The summed E-state index contributed by atoms with van der Waals surface area (Å²) < 4.78 is 5.33. The van der Waals surface area contributed by atoms with Crippen LogP contribution in [0.15, 0.2) is 59.7 Å². The third kappa shape index (κ3) is 5.72. The Morgan fingerprint density at radius 3 is 2.67 bits per heavy atom. The predicted molar refractivity (Wildman–Crippen MR) is 98.7 cm³/mol. The van der Waals surface area contributed by atoms with Crippen LogP contribution >= 0.6 is 23.2 Å². The fraction of sp³-hybridized carbons (Fsp3) is 0.111. The number of hydrogen-bond donors (Lipinski definition) is 1. The minimum absolute atomic E-state index is 0.209. The predicted octanol–water partition coefficient (Wildman–Crippen LogP) is 4.58. The molecule has 2 aromatic carbocycles. The molecule has 0 saturated heterocycles. The Hall–Kier alpha value is -2.30. The summed E-state index contributed by atoms with van der Waals surface area (Å²) in [5, 5.41) is 4.63. The third-order valence-electron chi connectivity index (χ3n) is 2.95. The molecular formula is C18H16Cl2N2O2. The van der Waals surface area contributed by atoms with Crippen molar-refractivity contribution in [2.45, 2.75) is 6.92 Å². The van der Waals surface area contributed by atoms with Crippen LogP contribution in [0.4, 0.5) is 0 Å². The zero-order valence-electron chi connectivity index (χ0n) is 13.0. The summed E-state index contributed by atoms with van der Waals surface area (Å²) in [7, 11) is 0. The number of halogens is 2. The summed E-state index contributed by atoms with van der Waals surface area (Å²) in [6.07, 6.45) is 3.72. The summed E-state index contributed by atoms with van der Waals surface area (Å²) in [5.41, 5.74) is 4.13. The van der Waals surface area contributed by atoms with Gasteiger partial charge in [-0.2, -0.15) is 5.10 Å². The summed E-state index contributed by atoms with van der Waals surface area (Å²) >= 11 is 11.9. The van der Waals surface area contributed by atoms with Gasteiger partial charge in [0, 0.05) is 0 Å². The first-order valence-corrected chi connectivity index (χ1v) is 7.95. The van der Waals surface area contributed by atoms with Crippen molar-refractivity contribution in [1.29, 1.82) is 0 Å². The highest BCUT2D eigenvalue weighted by Gasteiger charge is 2.07. The van der Waals surface area contributed by atoms with Crippen molar-refractivity contribution in [1.82, 2.24) is 5.43 Å². The molecule has 124 valence electrons. The molecule has 24 heavy (non-hydrogen) atoms. The van der Waals surface area contributed by atoms with Crippen molar-refractivity contribution < 1.29 is 9.53 Å². The van der Waals surface area contributed by atoms with Crippen molar-refractivity contribution >= 4 is 40.9 Å². The quantitative estimate of drug-likeness (QED) is 0.603. The Morgan fingerprint density at radius 1 is 1.17 bits per heavy atom. The van der Waals surface area contributed by atoms with Crippen LogP contribution in [0.2, 0.25) is 10.0 Å². The lowest BCUT2D eigenvalue weighted by Crippen LogP contribution is -2.25. The van der Waals surface area contributed by atoms with Crippen molar-refractivity contribution in [3.8, 4) is 5.75 Å². The fourth-order valence-corrected chi connectivity index (χ4v) is 2.09. The molecule has 2 aromatic rings. The number of ether oxygens (including phenoxy) is 1. The molecule has 0 heterocycles. The van der Waals surface area contributed by atoms with E-state index >= 15 is 0 Å². The maximum Gasteiger partial charge on any atom is 0.277 e. The minimum atomic E-state index is -0.390. The largest absolute Gasteiger partial charge is 0.482 e. The second-order valence-electron chi connectivity index (χ2n) is 4.87. The second kappa shape index (κ2) is 9.11. The average Bonchev–Trinajstić information content (AvgIpc) is 2.60. The molecule has 0 spiro atoms. The molecule has 1 amide bonds. The maximum absolute atomic E-state index is 11.7. The van der Waals surface area contributed by atoms with Crippen LogP contribution < -0.4 is 10.2 Å². The number of hydrogen-bond acceptors (Lipinski definition) is 3. The van der Waals surface area contributed by atoms with Gasteiger partial charge in [0.15, 0.2) is 6.61 Å². The molecule has 0 unspecified atom stereocenters. The van der Waals surface area contributed by atoms with Crippen LogP contribution in [-0.2, 0) is 4.79 Å². The highest BCUT2D eigenvalue weighted by Crippen LogP contribution is 2.31. The topological polar surface area (TPSA) is 50.7 Å². The molecule has 0 aliphatic rings. The van der Waals surface area contributed by atoms with E-state index in [9.17, 15) is 4.79 Å². The molecule has 0 aliphatic heterocycles. The third-order valence-corrected chi connectivity index (χ3v) is 3.75. The summed E-state index contributed by atoms with van der Waals surface area (Å²) in [5.74, 6) is -0.0394. The summed E-state index contributed by atoms with van der Waals surface area (Å²) in [6.45, 7) is 1.58. The number of carbonyl (C=O) groups is 1. The zero-order chi connectivity index (χ0) is 17.4. The second-order valence-corrected chi connectivity index (χ2v) is 5.66. The van der Waals surface area contributed by atoms with Crippen LogP contribution in [-0.4, -0.2) is 18.2 Å². The molecule has 6 heteroatoms. The van der Waals surface area contributed by atoms with E-state index in [-0.39, 0.29) is 11.6 Å². The van der Waals surface area contributed by atoms with Crippen molar-refractivity contribution in [3.05, 3.63) is 70.2 Å². The Balaban J connectivity index is 1.83. The van der Waals surface area contributed by atoms with Crippen LogP contribution in [0.3, 0.4) is 0 Å². The van der Waals surface area contributed by atoms with Gasteiger partial charge in [-0.15, -0.1) is 0 Å². The van der Waals surface area contributed by atoms with Gasteiger partial charge >= 0.3 is 0 Å². The average molecular weight is 363 g/mol. The van der Waals surface area contributed by atoms with Crippen LogP contribution in [0.5, 0.6) is 5.75 Å². The minimum Gasteiger partial charge on any atom is -0.482 e. The molecule has 0 saturated carbocycles. The van der Waals surface area contributed by atoms with E-state index in [0.29, 0.717) is 16.5 Å². The van der Waals surface area contributed by atoms with E-state index in [1.165, 1.54) is 0 Å². The van der Waals surface area contributed by atoms with Gasteiger partial charge in [0.25, 0.3) is 5.91 Å². The van der Waals surface area contributed by atoms with Gasteiger partial charge in [0.2, 0.25) is 0 Å². The number of amides is 1. The molecule has 4 nitrogen and oxygen atoms in total. The van der Waals surface area contributed by atoms with Crippen LogP contribution in [0.1, 0.15) is 12.5 Å². The van der Waals surface area contributed by atoms with Crippen molar-refractivity contribution in [3.63, 3.8) is 0 Å². The zero-order valence-corrected chi connectivity index (χ0v) is 14.5. The Labute approximate surface area is 150 Å². The van der Waals surface area contributed by atoms with Crippen molar-refractivity contribution in [2.24, 2.45) is 5.10 Å². The van der Waals surface area contributed by atoms with Gasteiger partial charge in [0.1, 0.15) is 10.8 Å². The molecule has 0 fully saturated rings. The van der Waals surface area contributed by atoms with E-state index < -0.39 is 5.91 Å². The molecule has 0 bridgehead atoms. The Morgan fingerprint density at radius 2 is 1.92 bits per heavy atom. The van der Waals surface area contributed by atoms with Gasteiger partial charge in [0.05, 0.1) is 10.7 Å². The van der Waals surface area contributed by atoms with Crippen LogP contribution in [0, 0.1) is 0 Å². The van der Waals surface area contributed by atoms with Gasteiger partial charge in [-0.05, 0) is 30.7 Å². The first-order valence-electron chi connectivity index (χ1n) is 7.19. The first kappa shape index (κ1) is 18.0. The van der Waals surface area contributed by atoms with E-state index in [1.54, 1.807) is 25.1 Å². The molecule has 0 aromatic heterocycles. The smallest absolute Gasteiger partial charge is 0.277 e. The molecule has 0 atom stereocenters. The van der Waals surface area contributed by atoms with Gasteiger partial charge < -0.3 is 4.74 Å². The fourth-order valence-electron chi connectivity index (χ4n) is 1.74. The first-order chi connectivity index (χ1) is 11.6. The SMILES string of the molecule is CC(/C=C/c1ccccc1)=N\NC(=O)COc1cccc(Cl)c1Cl. The maximum atomic E-state index is 11.7. The van der Waals surface area contributed by atoms with Crippen molar-refractivity contribution in [2.75, 3.05) is 6.61 Å². The van der Waals surface area contributed by atoms with Gasteiger partial charge in [-0.3, -0.25) is 4.79 Å². The molecule has 2 rings (SSSR count). The monoisotopic (exact) mass is 362 g/mol. The highest BCUT2D eigenvalue weighted by atomic mass is 35.5. The number of hydrazone groups is 1. The van der Waals surface area contributed by atoms with E-state index in [1.807, 2.05) is 42.5 Å². The van der Waals surface area contributed by atoms with E-state index in [0.717, 1.165) is 5.56 Å². The van der Waals surface area contributed by atoms with E-state index in [4.69, 9.17) is 27.9 Å². The number of allylic oxidation sites excluding steroid dienone is 1. The lowest BCUT2D eigenvalue weighted by molar-refractivity contribution is -0.123. The van der Waals surface area contributed by atoms with E-state index in [2.05, 4.69) is 10.5 Å². The summed E-state index contributed by atoms with van der Waals surface area (Å²) in [4.78, 5) is 11.7. The standard InChI is InChI=1S/C18H16Cl2N2O2/c1-13(10-11-14-6-3-2-4-7-14)21-22-17(23)12-24-16-9-5-8-15(19)18(16)20/h2-11H,12H2,1H3,(H,22,23)/b11-10+,21-13+.